The number of hydrogen-bond acceptors (Lipinski definition) is 5. The van der Waals surface area contributed by atoms with Crippen molar-refractivity contribution in [1.82, 2.24) is 5.32 Å². The minimum Gasteiger partial charge on any atom is -0.465 e. The third kappa shape index (κ3) is 2.76. The second-order valence-electron chi connectivity index (χ2n) is 3.03. The normalized spacial score (nSPS) is 11.0. The fourth-order valence-corrected chi connectivity index (χ4v) is 2.05. The lowest BCUT2D eigenvalue weighted by molar-refractivity contribution is 0.196. The van der Waals surface area contributed by atoms with Crippen molar-refractivity contribution in [3.63, 3.8) is 0 Å². The van der Waals surface area contributed by atoms with Gasteiger partial charge in [0.2, 0.25) is 0 Å². The van der Waals surface area contributed by atoms with Crippen LogP contribution in [0.5, 0.6) is 0 Å². The van der Waals surface area contributed by atoms with E-state index in [-0.39, 0.29) is 16.3 Å². The van der Waals surface area contributed by atoms with Crippen LogP contribution in [0.15, 0.2) is 23.1 Å². The smallest absolute Gasteiger partial charge is 0.405 e. The molecule has 0 aliphatic carbocycles. The maximum Gasteiger partial charge on any atom is 0.405 e. The van der Waals surface area contributed by atoms with Crippen molar-refractivity contribution in [3.05, 3.63) is 18.2 Å². The van der Waals surface area contributed by atoms with Crippen LogP contribution in [0, 0.1) is 0 Å². The van der Waals surface area contributed by atoms with Crippen molar-refractivity contribution in [2.75, 3.05) is 17.3 Å². The highest BCUT2D eigenvalue weighted by Crippen LogP contribution is 2.20. The standard InChI is InChI=1S/C8H11N3O4S/c9-6-2-1-5(3-7(6)10)16(14,15)4-11-8(12)13/h1-3,11H,4,9-10H2,(H,12,13). The first-order chi connectivity index (χ1) is 7.33. The fraction of sp³-hybridized carbons (Fsp3) is 0.125. The molecule has 88 valence electrons. The fourth-order valence-electron chi connectivity index (χ4n) is 0.986. The summed E-state index contributed by atoms with van der Waals surface area (Å²) in [6.07, 6.45) is -1.41. The Balaban J connectivity index is 2.99. The van der Waals surface area contributed by atoms with Crippen molar-refractivity contribution in [3.8, 4) is 0 Å². The number of nitrogens with one attached hydrogen (secondary N) is 1. The second kappa shape index (κ2) is 4.27. The van der Waals surface area contributed by atoms with Gasteiger partial charge in [0.15, 0.2) is 9.84 Å². The molecule has 6 N–H and O–H groups in total. The summed E-state index contributed by atoms with van der Waals surface area (Å²) in [5.74, 6) is -0.703. The lowest BCUT2D eigenvalue weighted by Crippen LogP contribution is -2.28. The molecular weight excluding hydrogens is 234 g/mol. The molecule has 16 heavy (non-hydrogen) atoms. The van der Waals surface area contributed by atoms with Crippen LogP contribution in [0.25, 0.3) is 0 Å². The van der Waals surface area contributed by atoms with E-state index in [0.717, 1.165) is 0 Å². The number of sulfone groups is 1. The summed E-state index contributed by atoms with van der Waals surface area (Å²) in [6, 6.07) is 3.81. The number of carbonyl (C=O) groups is 1. The third-order valence-electron chi connectivity index (χ3n) is 1.83. The van der Waals surface area contributed by atoms with E-state index in [0.29, 0.717) is 0 Å². The van der Waals surface area contributed by atoms with Gasteiger partial charge in [-0.2, -0.15) is 0 Å². The Labute approximate surface area is 92.0 Å². The van der Waals surface area contributed by atoms with Crippen LogP contribution >= 0.6 is 0 Å². The van der Waals surface area contributed by atoms with Gasteiger partial charge in [-0.05, 0) is 18.2 Å². The Morgan fingerprint density at radius 3 is 2.44 bits per heavy atom. The van der Waals surface area contributed by atoms with E-state index in [1.807, 2.05) is 0 Å². The Bertz CT molecular complexity index is 512. The minimum atomic E-state index is -3.72. The largest absolute Gasteiger partial charge is 0.465 e. The zero-order valence-electron chi connectivity index (χ0n) is 8.17. The van der Waals surface area contributed by atoms with Crippen molar-refractivity contribution in [2.24, 2.45) is 0 Å². The first kappa shape index (κ1) is 12.1. The zero-order chi connectivity index (χ0) is 12.3. The highest BCUT2D eigenvalue weighted by Gasteiger charge is 2.16. The highest BCUT2D eigenvalue weighted by molar-refractivity contribution is 7.91. The number of carboxylic acid groups (broad SMARTS) is 1. The van der Waals surface area contributed by atoms with Gasteiger partial charge in [-0.1, -0.05) is 0 Å². The molecule has 1 aromatic rings. The van der Waals surface area contributed by atoms with E-state index < -0.39 is 21.8 Å². The zero-order valence-corrected chi connectivity index (χ0v) is 8.99. The van der Waals surface area contributed by atoms with E-state index in [9.17, 15) is 13.2 Å². The average Bonchev–Trinajstić information content (AvgIpc) is 2.19. The van der Waals surface area contributed by atoms with Crippen LogP contribution in [0.4, 0.5) is 16.2 Å². The molecule has 0 radical (unpaired) electrons. The summed E-state index contributed by atoms with van der Waals surface area (Å²) in [5.41, 5.74) is 11.3. The number of hydrogen-bond donors (Lipinski definition) is 4. The van der Waals surface area contributed by atoms with Crippen LogP contribution in [-0.2, 0) is 9.84 Å². The van der Waals surface area contributed by atoms with Gasteiger partial charge < -0.3 is 21.9 Å². The maximum absolute atomic E-state index is 11.6. The Kier molecular flexibility index (Phi) is 3.23. The number of nitrogen functional groups attached to an aromatic ring is 2. The summed E-state index contributed by atoms with van der Waals surface area (Å²) < 4.78 is 23.2. The summed E-state index contributed by atoms with van der Waals surface area (Å²) in [6.45, 7) is 0. The average molecular weight is 245 g/mol. The van der Waals surface area contributed by atoms with E-state index in [1.165, 1.54) is 18.2 Å². The number of rotatable bonds is 3. The first-order valence-corrected chi connectivity index (χ1v) is 5.83. The maximum atomic E-state index is 11.6. The Morgan fingerprint density at radius 1 is 1.31 bits per heavy atom. The molecule has 1 amide bonds. The lowest BCUT2D eigenvalue weighted by Gasteiger charge is -2.06. The number of nitrogens with two attached hydrogens (primary N) is 2. The molecular formula is C8H11N3O4S. The highest BCUT2D eigenvalue weighted by atomic mass is 32.2. The number of anilines is 2. The van der Waals surface area contributed by atoms with Gasteiger partial charge in [0.25, 0.3) is 0 Å². The topological polar surface area (TPSA) is 136 Å². The van der Waals surface area contributed by atoms with Gasteiger partial charge in [-0.15, -0.1) is 0 Å². The molecule has 1 rings (SSSR count). The molecule has 0 atom stereocenters. The summed E-state index contributed by atoms with van der Waals surface area (Å²) in [4.78, 5) is 10.1. The molecule has 0 heterocycles. The molecule has 0 spiro atoms. The molecule has 0 unspecified atom stereocenters. The molecule has 1 aromatic carbocycles. The third-order valence-corrected chi connectivity index (χ3v) is 3.33. The molecule has 0 bridgehead atoms. The van der Waals surface area contributed by atoms with Crippen LogP contribution < -0.4 is 16.8 Å². The predicted molar refractivity (Wildman–Crippen MR) is 58.5 cm³/mol. The summed E-state index contributed by atoms with van der Waals surface area (Å²) >= 11 is 0. The number of benzene rings is 1. The summed E-state index contributed by atoms with van der Waals surface area (Å²) in [7, 11) is -3.72. The minimum absolute atomic E-state index is 0.0760. The van der Waals surface area contributed by atoms with Gasteiger partial charge in [0.05, 0.1) is 16.3 Å². The van der Waals surface area contributed by atoms with Crippen molar-refractivity contribution >= 4 is 27.3 Å². The predicted octanol–water partition coefficient (Wildman–Crippen LogP) is -0.150. The monoisotopic (exact) mass is 245 g/mol. The van der Waals surface area contributed by atoms with Crippen LogP contribution in [0.3, 0.4) is 0 Å². The molecule has 0 saturated carbocycles. The van der Waals surface area contributed by atoms with Gasteiger partial charge >= 0.3 is 6.09 Å². The van der Waals surface area contributed by atoms with Gasteiger partial charge in [-0.3, -0.25) is 0 Å². The quantitative estimate of drug-likeness (QED) is 0.547. The molecule has 0 aromatic heterocycles. The van der Waals surface area contributed by atoms with E-state index in [1.54, 1.807) is 5.32 Å². The Morgan fingerprint density at radius 2 is 1.94 bits per heavy atom. The van der Waals surface area contributed by atoms with Gasteiger partial charge in [0, 0.05) is 0 Å². The Hall–Kier alpha value is -1.96. The second-order valence-corrected chi connectivity index (χ2v) is 5.02. The van der Waals surface area contributed by atoms with Gasteiger partial charge in [-0.25, -0.2) is 13.2 Å². The molecule has 0 saturated heterocycles. The lowest BCUT2D eigenvalue weighted by atomic mass is 10.3. The molecule has 0 aliphatic rings. The van der Waals surface area contributed by atoms with E-state index in [4.69, 9.17) is 16.6 Å². The SMILES string of the molecule is Nc1ccc(S(=O)(=O)CNC(=O)O)cc1N. The van der Waals surface area contributed by atoms with Crippen molar-refractivity contribution < 1.29 is 18.3 Å². The first-order valence-electron chi connectivity index (χ1n) is 4.17. The van der Waals surface area contributed by atoms with Gasteiger partial charge in [0.1, 0.15) is 5.88 Å². The van der Waals surface area contributed by atoms with E-state index >= 15 is 0 Å². The van der Waals surface area contributed by atoms with Crippen LogP contribution in [0.2, 0.25) is 0 Å². The van der Waals surface area contributed by atoms with E-state index in [2.05, 4.69) is 0 Å². The molecule has 7 nitrogen and oxygen atoms in total. The molecule has 0 fully saturated rings. The number of amides is 1. The van der Waals surface area contributed by atoms with Crippen molar-refractivity contribution in [2.45, 2.75) is 4.90 Å². The van der Waals surface area contributed by atoms with Crippen LogP contribution in [0.1, 0.15) is 0 Å². The molecule has 0 aliphatic heterocycles. The van der Waals surface area contributed by atoms with Crippen LogP contribution in [-0.4, -0.2) is 25.5 Å². The molecule has 8 heteroatoms. The summed E-state index contributed by atoms with van der Waals surface area (Å²) in [5, 5.41) is 10.1. The van der Waals surface area contributed by atoms with Crippen molar-refractivity contribution in [1.29, 1.82) is 0 Å².